The van der Waals surface area contributed by atoms with Crippen molar-refractivity contribution in [2.45, 2.75) is 52.4 Å². The highest BCUT2D eigenvalue weighted by atomic mass is 31.1. The molecule has 0 unspecified atom stereocenters. The molecule has 0 aromatic heterocycles. The SMILES string of the molecule is CC(C)(C)c1ccc(O)c(P(c2ccccc2)c2cc(C(C)(C)C)ccc2O)c1. The molecule has 0 heterocycles. The van der Waals surface area contributed by atoms with Crippen LogP contribution in [0.4, 0.5) is 0 Å². The number of hydrogen-bond acceptors (Lipinski definition) is 2. The highest BCUT2D eigenvalue weighted by Crippen LogP contribution is 2.41. The van der Waals surface area contributed by atoms with E-state index in [1.54, 1.807) is 12.1 Å². The Labute approximate surface area is 176 Å². The van der Waals surface area contributed by atoms with Crippen LogP contribution < -0.4 is 15.9 Å². The third kappa shape index (κ3) is 4.65. The molecule has 3 rings (SSSR count). The first-order chi connectivity index (χ1) is 13.5. The van der Waals surface area contributed by atoms with Gasteiger partial charge >= 0.3 is 0 Å². The van der Waals surface area contributed by atoms with Gasteiger partial charge in [0.2, 0.25) is 0 Å². The average Bonchev–Trinajstić information content (AvgIpc) is 2.64. The molecule has 29 heavy (non-hydrogen) atoms. The van der Waals surface area contributed by atoms with Gasteiger partial charge in [-0.1, -0.05) is 84.0 Å². The lowest BCUT2D eigenvalue weighted by atomic mass is 9.87. The van der Waals surface area contributed by atoms with E-state index in [1.165, 1.54) is 11.1 Å². The van der Waals surface area contributed by atoms with E-state index < -0.39 is 7.92 Å². The maximum Gasteiger partial charge on any atom is 0.123 e. The van der Waals surface area contributed by atoms with Gasteiger partial charge in [0.25, 0.3) is 0 Å². The average molecular weight is 407 g/mol. The fraction of sp³-hybridized carbons (Fsp3) is 0.308. The van der Waals surface area contributed by atoms with Crippen molar-refractivity contribution in [2.75, 3.05) is 0 Å². The van der Waals surface area contributed by atoms with Gasteiger partial charge in [-0.05, 0) is 59.4 Å². The minimum absolute atomic E-state index is 0.0323. The van der Waals surface area contributed by atoms with Crippen LogP contribution in [-0.4, -0.2) is 10.2 Å². The molecule has 2 N–H and O–H groups in total. The van der Waals surface area contributed by atoms with Crippen molar-refractivity contribution in [1.29, 1.82) is 0 Å². The Hall–Kier alpha value is -2.31. The number of aromatic hydroxyl groups is 2. The first kappa shape index (κ1) is 21.4. The smallest absolute Gasteiger partial charge is 0.123 e. The fourth-order valence-corrected chi connectivity index (χ4v) is 5.75. The molecule has 0 aliphatic heterocycles. The van der Waals surface area contributed by atoms with E-state index in [0.29, 0.717) is 0 Å². The Morgan fingerprint density at radius 2 is 1.00 bits per heavy atom. The second-order valence-electron chi connectivity index (χ2n) is 9.58. The summed E-state index contributed by atoms with van der Waals surface area (Å²) in [5.41, 5.74) is 2.27. The summed E-state index contributed by atoms with van der Waals surface area (Å²) < 4.78 is 0. The van der Waals surface area contributed by atoms with Crippen molar-refractivity contribution < 1.29 is 10.2 Å². The summed E-state index contributed by atoms with van der Waals surface area (Å²) >= 11 is 0. The van der Waals surface area contributed by atoms with Crippen LogP contribution in [0.5, 0.6) is 11.5 Å². The summed E-state index contributed by atoms with van der Waals surface area (Å²) in [6.45, 7) is 13.0. The molecule has 0 fully saturated rings. The van der Waals surface area contributed by atoms with Gasteiger partial charge in [0.05, 0.1) is 0 Å². The van der Waals surface area contributed by atoms with E-state index in [0.717, 1.165) is 15.9 Å². The van der Waals surface area contributed by atoms with Gasteiger partial charge in [0, 0.05) is 10.6 Å². The standard InChI is InChI=1S/C26H31O2P/c1-25(2,3)18-12-14-21(27)23(16-18)29(20-10-8-7-9-11-20)24-17-19(26(4,5)6)13-15-22(24)28/h7-17,27-28H,1-6H3. The van der Waals surface area contributed by atoms with Crippen LogP contribution in [0.1, 0.15) is 52.7 Å². The molecule has 0 aliphatic rings. The molecule has 0 atom stereocenters. The van der Waals surface area contributed by atoms with Gasteiger partial charge in [0.1, 0.15) is 11.5 Å². The van der Waals surface area contributed by atoms with E-state index in [1.807, 2.05) is 30.3 Å². The van der Waals surface area contributed by atoms with Crippen LogP contribution in [0.3, 0.4) is 0 Å². The molecule has 2 nitrogen and oxygen atoms in total. The molecule has 0 saturated heterocycles. The van der Waals surface area contributed by atoms with Gasteiger partial charge in [-0.3, -0.25) is 0 Å². The van der Waals surface area contributed by atoms with E-state index in [2.05, 4.69) is 65.8 Å². The van der Waals surface area contributed by atoms with Crippen LogP contribution in [0.15, 0.2) is 66.7 Å². The molecule has 0 spiro atoms. The van der Waals surface area contributed by atoms with Gasteiger partial charge in [0.15, 0.2) is 0 Å². The summed E-state index contributed by atoms with van der Waals surface area (Å²) in [7, 11) is -1.11. The van der Waals surface area contributed by atoms with Gasteiger partial charge < -0.3 is 10.2 Å². The number of hydrogen-bond donors (Lipinski definition) is 2. The predicted molar refractivity (Wildman–Crippen MR) is 126 cm³/mol. The van der Waals surface area contributed by atoms with Crippen LogP contribution in [-0.2, 0) is 10.8 Å². The Bertz CT molecular complexity index is 932. The zero-order valence-corrected chi connectivity index (χ0v) is 19.1. The van der Waals surface area contributed by atoms with Crippen LogP contribution in [0, 0.1) is 0 Å². The van der Waals surface area contributed by atoms with Crippen molar-refractivity contribution in [3.8, 4) is 11.5 Å². The molecule has 3 aromatic carbocycles. The number of phenolic OH excluding ortho intramolecular Hbond substituents is 2. The summed E-state index contributed by atoms with van der Waals surface area (Å²) in [5.74, 6) is 0.544. The molecular formula is C26H31O2P. The van der Waals surface area contributed by atoms with Crippen LogP contribution >= 0.6 is 7.92 Å². The van der Waals surface area contributed by atoms with E-state index in [4.69, 9.17) is 0 Å². The lowest BCUT2D eigenvalue weighted by Crippen LogP contribution is -2.24. The van der Waals surface area contributed by atoms with Crippen LogP contribution in [0.2, 0.25) is 0 Å². The molecule has 0 amide bonds. The molecule has 0 bridgehead atoms. The quantitative estimate of drug-likeness (QED) is 0.568. The van der Waals surface area contributed by atoms with Crippen molar-refractivity contribution >= 4 is 23.8 Å². The highest BCUT2D eigenvalue weighted by molar-refractivity contribution is 7.80. The monoisotopic (exact) mass is 406 g/mol. The largest absolute Gasteiger partial charge is 0.507 e. The Morgan fingerprint density at radius 3 is 1.38 bits per heavy atom. The number of rotatable bonds is 3. The summed E-state index contributed by atoms with van der Waals surface area (Å²) in [4.78, 5) is 0. The summed E-state index contributed by atoms with van der Waals surface area (Å²) in [6, 6.07) is 22.0. The lowest BCUT2D eigenvalue weighted by Gasteiger charge is -2.27. The van der Waals surface area contributed by atoms with Crippen LogP contribution in [0.25, 0.3) is 0 Å². The van der Waals surface area contributed by atoms with Crippen molar-refractivity contribution in [2.24, 2.45) is 0 Å². The third-order valence-corrected chi connectivity index (χ3v) is 7.67. The minimum Gasteiger partial charge on any atom is -0.507 e. The molecular weight excluding hydrogens is 375 g/mol. The second kappa shape index (κ2) is 7.84. The molecule has 3 aromatic rings. The fourth-order valence-electron chi connectivity index (χ4n) is 3.32. The van der Waals surface area contributed by atoms with Crippen molar-refractivity contribution in [3.63, 3.8) is 0 Å². The zero-order chi connectivity index (χ0) is 21.4. The maximum atomic E-state index is 10.8. The lowest BCUT2D eigenvalue weighted by molar-refractivity contribution is 0.478. The molecule has 0 saturated carbocycles. The first-order valence-corrected chi connectivity index (χ1v) is 11.3. The zero-order valence-electron chi connectivity index (χ0n) is 18.2. The van der Waals surface area contributed by atoms with E-state index in [-0.39, 0.29) is 22.3 Å². The van der Waals surface area contributed by atoms with E-state index in [9.17, 15) is 10.2 Å². The predicted octanol–water partition coefficient (Wildman–Crippen LogP) is 5.45. The van der Waals surface area contributed by atoms with Crippen molar-refractivity contribution in [1.82, 2.24) is 0 Å². The molecule has 0 radical (unpaired) electrons. The number of phenols is 2. The Morgan fingerprint density at radius 1 is 0.586 bits per heavy atom. The van der Waals surface area contributed by atoms with E-state index >= 15 is 0 Å². The molecule has 3 heteroatoms. The number of benzene rings is 3. The van der Waals surface area contributed by atoms with Gasteiger partial charge in [-0.15, -0.1) is 0 Å². The maximum absolute atomic E-state index is 10.8. The van der Waals surface area contributed by atoms with Gasteiger partial charge in [-0.2, -0.15) is 0 Å². The topological polar surface area (TPSA) is 40.5 Å². The van der Waals surface area contributed by atoms with Gasteiger partial charge in [-0.25, -0.2) is 0 Å². The Balaban J connectivity index is 2.30. The first-order valence-electron chi connectivity index (χ1n) is 10.0. The second-order valence-corrected chi connectivity index (χ2v) is 11.7. The molecule has 0 aliphatic carbocycles. The third-order valence-electron chi connectivity index (χ3n) is 5.18. The normalized spacial score (nSPS) is 12.4. The summed E-state index contributed by atoms with van der Waals surface area (Å²) in [5, 5.41) is 24.5. The minimum atomic E-state index is -1.11. The Kier molecular flexibility index (Phi) is 5.79. The summed E-state index contributed by atoms with van der Waals surface area (Å²) in [6.07, 6.45) is 0. The van der Waals surface area contributed by atoms with Crippen molar-refractivity contribution in [3.05, 3.63) is 77.9 Å². The molecule has 152 valence electrons. The highest BCUT2D eigenvalue weighted by Gasteiger charge is 2.26.